The van der Waals surface area contributed by atoms with Gasteiger partial charge in [0, 0.05) is 49.1 Å². The Balaban J connectivity index is 1.62. The zero-order valence-electron chi connectivity index (χ0n) is 22.5. The Morgan fingerprint density at radius 2 is 1.77 bits per heavy atom. The Hall–Kier alpha value is -4.01. The van der Waals surface area contributed by atoms with Gasteiger partial charge >= 0.3 is 0 Å². The summed E-state index contributed by atoms with van der Waals surface area (Å²) in [5.74, 6) is 0.445. The molecule has 0 fully saturated rings. The molecule has 10 nitrogen and oxygen atoms in total. The average molecular weight is 547 g/mol. The van der Waals surface area contributed by atoms with Crippen LogP contribution in [0.15, 0.2) is 47.6 Å². The van der Waals surface area contributed by atoms with Gasteiger partial charge in [-0.15, -0.1) is 0 Å². The molecular formula is C28H34N8O2S. The molecule has 0 aliphatic heterocycles. The zero-order valence-corrected chi connectivity index (χ0v) is 23.3. The number of hydrogen-bond acceptors (Lipinski definition) is 9. The normalized spacial score (nSPS) is 10.7. The number of likely N-dealkylation sites (N-methyl/N-ethyl adjacent to an activating group) is 1. The molecule has 4 N–H and O–H groups in total. The monoisotopic (exact) mass is 546 g/mol. The van der Waals surface area contributed by atoms with Crippen molar-refractivity contribution >= 4 is 35.1 Å². The molecule has 1 aromatic carbocycles. The number of nitrogen functional groups attached to an aromatic ring is 1. The van der Waals surface area contributed by atoms with Crippen LogP contribution in [0.2, 0.25) is 0 Å². The summed E-state index contributed by atoms with van der Waals surface area (Å²) in [7, 11) is 0. The Kier molecular flexibility index (Phi) is 11.2. The molecule has 0 unspecified atom stereocenters. The molecule has 0 radical (unpaired) electrons. The summed E-state index contributed by atoms with van der Waals surface area (Å²) in [6.45, 7) is 9.07. The van der Waals surface area contributed by atoms with E-state index in [9.17, 15) is 14.9 Å². The Morgan fingerprint density at radius 3 is 2.44 bits per heavy atom. The van der Waals surface area contributed by atoms with E-state index < -0.39 is 0 Å². The van der Waals surface area contributed by atoms with Crippen molar-refractivity contribution in [1.82, 2.24) is 25.2 Å². The molecule has 0 atom stereocenters. The number of aromatic nitrogens is 3. The second-order valence-electron chi connectivity index (χ2n) is 8.77. The molecule has 39 heavy (non-hydrogen) atoms. The van der Waals surface area contributed by atoms with Crippen LogP contribution in [0.4, 0.5) is 11.5 Å². The van der Waals surface area contributed by atoms with Gasteiger partial charge in [0.25, 0.3) is 0 Å². The lowest BCUT2D eigenvalue weighted by Gasteiger charge is -2.17. The molecule has 2 heterocycles. The van der Waals surface area contributed by atoms with Crippen LogP contribution in [0.1, 0.15) is 44.1 Å². The number of nitriles is 1. The molecule has 204 valence electrons. The Labute approximate surface area is 233 Å². The highest BCUT2D eigenvalue weighted by atomic mass is 32.2. The third-order valence-corrected chi connectivity index (χ3v) is 6.85. The summed E-state index contributed by atoms with van der Waals surface area (Å²) in [5, 5.41) is 15.7. The predicted molar refractivity (Wildman–Crippen MR) is 154 cm³/mol. The number of benzene rings is 1. The van der Waals surface area contributed by atoms with Gasteiger partial charge in [-0.25, -0.2) is 9.97 Å². The van der Waals surface area contributed by atoms with Crippen molar-refractivity contribution in [3.8, 4) is 17.3 Å². The topological polar surface area (TPSA) is 150 Å². The van der Waals surface area contributed by atoms with Gasteiger partial charge in [-0.3, -0.25) is 14.6 Å². The van der Waals surface area contributed by atoms with Crippen molar-refractivity contribution < 1.29 is 9.59 Å². The molecule has 11 heteroatoms. The molecule has 0 aliphatic rings. The number of amides is 2. The van der Waals surface area contributed by atoms with E-state index in [1.165, 1.54) is 18.7 Å². The van der Waals surface area contributed by atoms with Crippen LogP contribution in [0.25, 0.3) is 11.3 Å². The van der Waals surface area contributed by atoms with Crippen LogP contribution in [0, 0.1) is 11.3 Å². The summed E-state index contributed by atoms with van der Waals surface area (Å²) in [5.41, 5.74) is 9.71. The molecule has 0 spiro atoms. The average Bonchev–Trinajstić information content (AvgIpc) is 2.93. The van der Waals surface area contributed by atoms with E-state index in [0.29, 0.717) is 47.2 Å². The number of nitrogens with one attached hydrogen (secondary N) is 2. The zero-order chi connectivity index (χ0) is 28.2. The first-order valence-corrected chi connectivity index (χ1v) is 13.8. The SMILES string of the molecule is CCN(CC)CCNC(=O)CCc1cccc(CSc2nc(N)c(C#N)c(-c3ccc(NC(C)=O)cc3)n2)n1. The maximum Gasteiger partial charge on any atom is 0.221 e. The summed E-state index contributed by atoms with van der Waals surface area (Å²) in [6, 6.07) is 14.9. The molecule has 0 aliphatic carbocycles. The summed E-state index contributed by atoms with van der Waals surface area (Å²) in [4.78, 5) is 39.4. The number of rotatable bonds is 13. The smallest absolute Gasteiger partial charge is 0.221 e. The van der Waals surface area contributed by atoms with E-state index in [1.54, 1.807) is 24.3 Å². The quantitative estimate of drug-likeness (QED) is 0.216. The van der Waals surface area contributed by atoms with Crippen molar-refractivity contribution in [2.45, 2.75) is 44.5 Å². The van der Waals surface area contributed by atoms with Crippen molar-refractivity contribution in [3.05, 3.63) is 59.4 Å². The number of hydrogen-bond donors (Lipinski definition) is 3. The van der Waals surface area contributed by atoms with Crippen LogP contribution in [-0.2, 0) is 21.8 Å². The van der Waals surface area contributed by atoms with Gasteiger partial charge in [0.05, 0.1) is 11.4 Å². The minimum Gasteiger partial charge on any atom is -0.382 e. The first kappa shape index (κ1) is 29.5. The van der Waals surface area contributed by atoms with Crippen molar-refractivity contribution in [2.24, 2.45) is 0 Å². The lowest BCUT2D eigenvalue weighted by molar-refractivity contribution is -0.121. The van der Waals surface area contributed by atoms with Gasteiger partial charge in [-0.05, 0) is 43.8 Å². The maximum atomic E-state index is 12.2. The van der Waals surface area contributed by atoms with E-state index in [2.05, 4.69) is 50.4 Å². The third kappa shape index (κ3) is 9.05. The molecule has 0 bridgehead atoms. The lowest BCUT2D eigenvalue weighted by atomic mass is 10.1. The number of nitrogens with zero attached hydrogens (tertiary/aromatic N) is 5. The van der Waals surface area contributed by atoms with E-state index >= 15 is 0 Å². The first-order chi connectivity index (χ1) is 18.8. The second-order valence-corrected chi connectivity index (χ2v) is 9.71. The van der Waals surface area contributed by atoms with Crippen LogP contribution in [0.3, 0.4) is 0 Å². The van der Waals surface area contributed by atoms with Crippen molar-refractivity contribution in [3.63, 3.8) is 0 Å². The summed E-state index contributed by atoms with van der Waals surface area (Å²) in [6.07, 6.45) is 0.926. The number of pyridine rings is 1. The fourth-order valence-corrected chi connectivity index (χ4v) is 4.62. The van der Waals surface area contributed by atoms with E-state index in [-0.39, 0.29) is 23.2 Å². The van der Waals surface area contributed by atoms with Crippen molar-refractivity contribution in [2.75, 3.05) is 37.2 Å². The minimum atomic E-state index is -0.169. The summed E-state index contributed by atoms with van der Waals surface area (Å²) >= 11 is 1.36. The van der Waals surface area contributed by atoms with Gasteiger partial charge in [0.2, 0.25) is 11.8 Å². The molecule has 3 aromatic rings. The number of aryl methyl sites for hydroxylation is 1. The van der Waals surface area contributed by atoms with Crippen LogP contribution in [-0.4, -0.2) is 57.8 Å². The van der Waals surface area contributed by atoms with Gasteiger partial charge in [0.1, 0.15) is 17.5 Å². The molecule has 0 saturated carbocycles. The highest BCUT2D eigenvalue weighted by Crippen LogP contribution is 2.29. The molecule has 0 saturated heterocycles. The second kappa shape index (κ2) is 14.8. The van der Waals surface area contributed by atoms with Crippen LogP contribution < -0.4 is 16.4 Å². The van der Waals surface area contributed by atoms with E-state index in [0.717, 1.165) is 31.0 Å². The highest BCUT2D eigenvalue weighted by molar-refractivity contribution is 7.98. The van der Waals surface area contributed by atoms with Gasteiger partial charge < -0.3 is 21.3 Å². The number of thioether (sulfide) groups is 1. The number of carbonyl (C=O) groups excluding carboxylic acids is 2. The van der Waals surface area contributed by atoms with Crippen LogP contribution in [0.5, 0.6) is 0 Å². The molecular weight excluding hydrogens is 512 g/mol. The molecule has 2 aromatic heterocycles. The predicted octanol–water partition coefficient (Wildman–Crippen LogP) is 3.63. The third-order valence-electron chi connectivity index (χ3n) is 5.97. The number of nitrogens with two attached hydrogens (primary N) is 1. The molecule has 2 amide bonds. The fraction of sp³-hybridized carbons (Fsp3) is 0.357. The molecule has 3 rings (SSSR count). The van der Waals surface area contributed by atoms with Gasteiger partial charge in [0.15, 0.2) is 5.16 Å². The lowest BCUT2D eigenvalue weighted by Crippen LogP contribution is -2.34. The largest absolute Gasteiger partial charge is 0.382 e. The fourth-order valence-electron chi connectivity index (χ4n) is 3.87. The number of carbonyl (C=O) groups is 2. The Bertz CT molecular complexity index is 1320. The number of anilines is 2. The van der Waals surface area contributed by atoms with E-state index in [4.69, 9.17) is 5.73 Å². The first-order valence-electron chi connectivity index (χ1n) is 12.8. The standard InChI is InChI=1S/C28H34N8O2S/c1-4-36(5-2)16-15-31-25(38)14-13-21-7-6-8-23(33-21)18-39-28-34-26(24(17-29)27(30)35-28)20-9-11-22(12-10-20)32-19(3)37/h6-12H,4-5,13-16,18H2,1-3H3,(H,31,38)(H,32,37)(H2,30,34,35). The maximum absolute atomic E-state index is 12.2. The van der Waals surface area contributed by atoms with Crippen molar-refractivity contribution in [1.29, 1.82) is 5.26 Å². The summed E-state index contributed by atoms with van der Waals surface area (Å²) < 4.78 is 0. The van der Waals surface area contributed by atoms with Crippen LogP contribution >= 0.6 is 11.8 Å². The van der Waals surface area contributed by atoms with Gasteiger partial charge in [-0.1, -0.05) is 43.8 Å². The van der Waals surface area contributed by atoms with E-state index in [1.807, 2.05) is 18.2 Å². The minimum absolute atomic E-state index is 0.0165. The van der Waals surface area contributed by atoms with Gasteiger partial charge in [-0.2, -0.15) is 5.26 Å². The Morgan fingerprint density at radius 1 is 1.05 bits per heavy atom. The highest BCUT2D eigenvalue weighted by Gasteiger charge is 2.15.